The predicted octanol–water partition coefficient (Wildman–Crippen LogP) is 3.58. The SMILES string of the molecule is CCCCN(Cc1cccs1)C(=O)OC1CN2CCC1CC2. The molecule has 122 valence electrons. The summed E-state index contributed by atoms with van der Waals surface area (Å²) in [6, 6.07) is 4.13. The molecule has 1 unspecified atom stereocenters. The van der Waals surface area contributed by atoms with E-state index >= 15 is 0 Å². The van der Waals surface area contributed by atoms with Crippen LogP contribution in [-0.4, -0.2) is 48.2 Å². The molecule has 0 radical (unpaired) electrons. The van der Waals surface area contributed by atoms with Crippen molar-refractivity contribution in [3.05, 3.63) is 22.4 Å². The summed E-state index contributed by atoms with van der Waals surface area (Å²) in [5, 5.41) is 2.06. The van der Waals surface area contributed by atoms with Gasteiger partial charge in [0.25, 0.3) is 0 Å². The van der Waals surface area contributed by atoms with Crippen molar-refractivity contribution < 1.29 is 9.53 Å². The molecule has 3 fully saturated rings. The van der Waals surface area contributed by atoms with E-state index in [9.17, 15) is 4.79 Å². The second-order valence-corrected chi connectivity index (χ2v) is 7.45. The molecule has 4 nitrogen and oxygen atoms in total. The summed E-state index contributed by atoms with van der Waals surface area (Å²) in [6.45, 7) is 6.89. The quantitative estimate of drug-likeness (QED) is 0.802. The van der Waals surface area contributed by atoms with Gasteiger partial charge < -0.3 is 9.64 Å². The van der Waals surface area contributed by atoms with Crippen molar-refractivity contribution in [1.82, 2.24) is 9.80 Å². The van der Waals surface area contributed by atoms with Crippen LogP contribution in [0.5, 0.6) is 0 Å². The minimum absolute atomic E-state index is 0.0995. The molecule has 0 aromatic carbocycles. The van der Waals surface area contributed by atoms with Gasteiger partial charge in [0.1, 0.15) is 6.10 Å². The van der Waals surface area contributed by atoms with Gasteiger partial charge in [0.05, 0.1) is 6.54 Å². The van der Waals surface area contributed by atoms with E-state index in [0.29, 0.717) is 12.5 Å². The van der Waals surface area contributed by atoms with Crippen LogP contribution in [0.2, 0.25) is 0 Å². The number of hydrogen-bond donors (Lipinski definition) is 0. The van der Waals surface area contributed by atoms with E-state index in [1.54, 1.807) is 11.3 Å². The first-order valence-electron chi connectivity index (χ1n) is 8.46. The Bertz CT molecular complexity index is 469. The van der Waals surface area contributed by atoms with Crippen LogP contribution >= 0.6 is 11.3 Å². The smallest absolute Gasteiger partial charge is 0.410 e. The number of thiophene rings is 1. The summed E-state index contributed by atoms with van der Waals surface area (Å²) < 4.78 is 5.88. The van der Waals surface area contributed by atoms with E-state index < -0.39 is 0 Å². The minimum atomic E-state index is -0.124. The van der Waals surface area contributed by atoms with E-state index in [-0.39, 0.29) is 12.2 Å². The summed E-state index contributed by atoms with van der Waals surface area (Å²) in [7, 11) is 0. The number of piperidine rings is 3. The van der Waals surface area contributed by atoms with Gasteiger partial charge in [-0.25, -0.2) is 4.79 Å². The summed E-state index contributed by atoms with van der Waals surface area (Å²) in [4.78, 5) is 18.1. The molecule has 1 aromatic heterocycles. The molecule has 4 rings (SSSR count). The van der Waals surface area contributed by atoms with Crippen molar-refractivity contribution in [2.75, 3.05) is 26.2 Å². The Morgan fingerprint density at radius 1 is 1.45 bits per heavy atom. The lowest BCUT2D eigenvalue weighted by molar-refractivity contribution is -0.0443. The Labute approximate surface area is 137 Å². The first kappa shape index (κ1) is 15.8. The van der Waals surface area contributed by atoms with Gasteiger partial charge in [-0.15, -0.1) is 11.3 Å². The van der Waals surface area contributed by atoms with Gasteiger partial charge in [0, 0.05) is 18.0 Å². The van der Waals surface area contributed by atoms with Crippen LogP contribution in [0, 0.1) is 5.92 Å². The second kappa shape index (κ2) is 7.47. The molecule has 5 heteroatoms. The van der Waals surface area contributed by atoms with E-state index in [1.807, 2.05) is 11.0 Å². The third kappa shape index (κ3) is 3.82. The van der Waals surface area contributed by atoms with Crippen LogP contribution in [0.25, 0.3) is 0 Å². The number of carbonyl (C=O) groups excluding carboxylic acids is 1. The molecule has 3 aliphatic rings. The number of amides is 1. The fourth-order valence-corrected chi connectivity index (χ4v) is 4.14. The molecular weight excluding hydrogens is 296 g/mol. The van der Waals surface area contributed by atoms with Gasteiger partial charge in [-0.1, -0.05) is 19.4 Å². The predicted molar refractivity (Wildman–Crippen MR) is 89.1 cm³/mol. The van der Waals surface area contributed by atoms with Crippen molar-refractivity contribution >= 4 is 17.4 Å². The molecule has 0 saturated carbocycles. The Morgan fingerprint density at radius 2 is 2.27 bits per heavy atom. The maximum absolute atomic E-state index is 12.6. The molecule has 1 aromatic rings. The van der Waals surface area contributed by atoms with Gasteiger partial charge in [-0.3, -0.25) is 4.90 Å². The number of fused-ring (bicyclic) bond motifs is 3. The number of unbranched alkanes of at least 4 members (excludes halogenated alkanes) is 1. The number of hydrogen-bond acceptors (Lipinski definition) is 4. The van der Waals surface area contributed by atoms with Crippen LogP contribution < -0.4 is 0 Å². The largest absolute Gasteiger partial charge is 0.444 e. The molecule has 0 N–H and O–H groups in total. The fourth-order valence-electron chi connectivity index (χ4n) is 3.42. The van der Waals surface area contributed by atoms with E-state index in [0.717, 1.165) is 25.9 Å². The lowest BCUT2D eigenvalue weighted by Gasteiger charge is -2.44. The Morgan fingerprint density at radius 3 is 2.86 bits per heavy atom. The topological polar surface area (TPSA) is 32.8 Å². The Hall–Kier alpha value is -1.07. The van der Waals surface area contributed by atoms with Crippen molar-refractivity contribution in [3.63, 3.8) is 0 Å². The fraction of sp³-hybridized carbons (Fsp3) is 0.706. The first-order valence-corrected chi connectivity index (χ1v) is 9.34. The molecule has 22 heavy (non-hydrogen) atoms. The average molecular weight is 322 g/mol. The molecule has 4 heterocycles. The summed E-state index contributed by atoms with van der Waals surface area (Å²) in [5.74, 6) is 0.573. The van der Waals surface area contributed by atoms with Crippen molar-refractivity contribution in [2.24, 2.45) is 5.92 Å². The zero-order valence-corrected chi connectivity index (χ0v) is 14.2. The number of carbonyl (C=O) groups is 1. The van der Waals surface area contributed by atoms with Crippen LogP contribution in [0.3, 0.4) is 0 Å². The van der Waals surface area contributed by atoms with Crippen molar-refractivity contribution in [1.29, 1.82) is 0 Å². The van der Waals surface area contributed by atoms with Crippen molar-refractivity contribution in [2.45, 2.75) is 45.3 Å². The summed E-state index contributed by atoms with van der Waals surface area (Å²) in [5.41, 5.74) is 0. The van der Waals surface area contributed by atoms with Gasteiger partial charge >= 0.3 is 6.09 Å². The molecule has 1 amide bonds. The zero-order valence-electron chi connectivity index (χ0n) is 13.4. The highest BCUT2D eigenvalue weighted by atomic mass is 32.1. The summed E-state index contributed by atoms with van der Waals surface area (Å²) >= 11 is 1.70. The van der Waals surface area contributed by atoms with Crippen LogP contribution in [0.4, 0.5) is 4.79 Å². The van der Waals surface area contributed by atoms with Crippen LogP contribution in [0.1, 0.15) is 37.5 Å². The Kier molecular flexibility index (Phi) is 5.37. The normalized spacial score (nSPS) is 26.9. The molecule has 0 spiro atoms. The lowest BCUT2D eigenvalue weighted by atomic mass is 9.86. The third-order valence-electron chi connectivity index (χ3n) is 4.81. The van der Waals surface area contributed by atoms with E-state index in [1.165, 1.54) is 30.8 Å². The highest BCUT2D eigenvalue weighted by molar-refractivity contribution is 7.09. The minimum Gasteiger partial charge on any atom is -0.444 e. The van der Waals surface area contributed by atoms with E-state index in [4.69, 9.17) is 4.74 Å². The van der Waals surface area contributed by atoms with Crippen LogP contribution in [-0.2, 0) is 11.3 Å². The molecule has 3 saturated heterocycles. The third-order valence-corrected chi connectivity index (χ3v) is 5.68. The Balaban J connectivity index is 1.58. The lowest BCUT2D eigenvalue weighted by Crippen LogP contribution is -2.52. The van der Waals surface area contributed by atoms with Crippen LogP contribution in [0.15, 0.2) is 17.5 Å². The number of ether oxygens (including phenoxy) is 1. The molecular formula is C17H26N2O2S. The zero-order chi connectivity index (χ0) is 15.4. The standard InChI is InChI=1S/C17H26N2O2S/c1-2-3-8-19(12-15-5-4-11-22-15)17(20)21-16-13-18-9-6-14(16)7-10-18/h4-5,11,14,16H,2-3,6-10,12-13H2,1H3. The highest BCUT2D eigenvalue weighted by Gasteiger charge is 2.37. The molecule has 3 aliphatic heterocycles. The maximum Gasteiger partial charge on any atom is 0.410 e. The van der Waals surface area contributed by atoms with E-state index in [2.05, 4.69) is 23.3 Å². The number of nitrogens with zero attached hydrogens (tertiary/aromatic N) is 2. The second-order valence-electron chi connectivity index (χ2n) is 6.41. The van der Waals surface area contributed by atoms with Gasteiger partial charge in [-0.05, 0) is 49.7 Å². The van der Waals surface area contributed by atoms with Gasteiger partial charge in [-0.2, -0.15) is 0 Å². The maximum atomic E-state index is 12.6. The summed E-state index contributed by atoms with van der Waals surface area (Å²) in [6.07, 6.45) is 4.45. The van der Waals surface area contributed by atoms with Gasteiger partial charge in [0.2, 0.25) is 0 Å². The molecule has 1 atom stereocenters. The first-order chi connectivity index (χ1) is 10.8. The number of rotatable bonds is 6. The molecule has 0 aliphatic carbocycles. The molecule has 2 bridgehead atoms. The van der Waals surface area contributed by atoms with Gasteiger partial charge in [0.15, 0.2) is 0 Å². The van der Waals surface area contributed by atoms with Crippen molar-refractivity contribution in [3.8, 4) is 0 Å². The average Bonchev–Trinajstić information content (AvgIpc) is 3.05. The monoisotopic (exact) mass is 322 g/mol. The highest BCUT2D eigenvalue weighted by Crippen LogP contribution is 2.30.